The normalized spacial score (nSPS) is 33.4. The Balaban J connectivity index is 1.91. The summed E-state index contributed by atoms with van der Waals surface area (Å²) in [7, 11) is 0. The van der Waals surface area contributed by atoms with Crippen molar-refractivity contribution in [2.75, 3.05) is 6.54 Å². The van der Waals surface area contributed by atoms with Crippen LogP contribution in [0, 0.1) is 11.3 Å². The van der Waals surface area contributed by atoms with Crippen molar-refractivity contribution >= 4 is 11.9 Å². The molecule has 0 heterocycles. The lowest BCUT2D eigenvalue weighted by atomic mass is 9.68. The number of fused-ring (bicyclic) bond motifs is 2. The Morgan fingerprint density at radius 1 is 1.53 bits per heavy atom. The first-order valence-electron chi connectivity index (χ1n) is 6.05. The highest BCUT2D eigenvalue weighted by molar-refractivity contribution is 7.98. The van der Waals surface area contributed by atoms with E-state index in [9.17, 15) is 13.2 Å². The second-order valence-electron chi connectivity index (χ2n) is 5.49. The fourth-order valence-corrected chi connectivity index (χ4v) is 3.68. The van der Waals surface area contributed by atoms with Gasteiger partial charge in [0.15, 0.2) is 0 Å². The minimum absolute atomic E-state index is 0.100. The van der Waals surface area contributed by atoms with Gasteiger partial charge in [-0.3, -0.25) is 4.72 Å². The van der Waals surface area contributed by atoms with Crippen molar-refractivity contribution < 1.29 is 13.2 Å². The largest absolute Gasteiger partial charge is 0.456 e. The quantitative estimate of drug-likeness (QED) is 0.604. The molecule has 2 bridgehead atoms. The molecule has 1 nitrogen and oxygen atoms in total. The van der Waals surface area contributed by atoms with Crippen LogP contribution in [0.4, 0.5) is 13.2 Å². The number of hydrogen-bond acceptors (Lipinski definition) is 2. The minimum atomic E-state index is -4.19. The molecular weight excluding hydrogens is 247 g/mol. The van der Waals surface area contributed by atoms with Crippen LogP contribution in [0.2, 0.25) is 0 Å². The number of allylic oxidation sites excluding steroid dienone is 1. The third kappa shape index (κ3) is 3.91. The second-order valence-corrected chi connectivity index (χ2v) is 6.45. The van der Waals surface area contributed by atoms with Gasteiger partial charge in [-0.2, -0.15) is 13.2 Å². The summed E-state index contributed by atoms with van der Waals surface area (Å²) >= 11 is -0.125. The molecule has 98 valence electrons. The molecule has 2 atom stereocenters. The molecule has 1 saturated carbocycles. The van der Waals surface area contributed by atoms with Crippen molar-refractivity contribution in [1.29, 1.82) is 0 Å². The molecule has 2 aliphatic rings. The zero-order valence-corrected chi connectivity index (χ0v) is 10.8. The number of nitrogens with one attached hydrogen (secondary N) is 1. The van der Waals surface area contributed by atoms with Crippen LogP contribution in [0.25, 0.3) is 0 Å². The molecule has 2 aliphatic carbocycles. The molecule has 0 aromatic heterocycles. The number of rotatable bonds is 3. The molecule has 0 aliphatic heterocycles. The first kappa shape index (κ1) is 13.3. The summed E-state index contributed by atoms with van der Waals surface area (Å²) in [6, 6.07) is 0. The Morgan fingerprint density at radius 3 is 2.94 bits per heavy atom. The van der Waals surface area contributed by atoms with Crippen LogP contribution in [0.5, 0.6) is 0 Å². The van der Waals surface area contributed by atoms with Crippen LogP contribution in [0.15, 0.2) is 11.6 Å². The van der Waals surface area contributed by atoms with Gasteiger partial charge in [0, 0.05) is 18.5 Å². The summed E-state index contributed by atoms with van der Waals surface area (Å²) in [6.07, 6.45) is 8.02. The highest BCUT2D eigenvalue weighted by Gasteiger charge is 2.35. The van der Waals surface area contributed by atoms with E-state index in [4.69, 9.17) is 0 Å². The first-order valence-corrected chi connectivity index (χ1v) is 6.86. The Labute approximate surface area is 104 Å². The fraction of sp³-hybridized carbons (Fsp3) is 0.833. The van der Waals surface area contributed by atoms with Crippen molar-refractivity contribution in [3.05, 3.63) is 11.6 Å². The van der Waals surface area contributed by atoms with Gasteiger partial charge in [-0.05, 0) is 43.4 Å². The molecular formula is C12H18F3NS. The highest BCUT2D eigenvalue weighted by atomic mass is 32.2. The van der Waals surface area contributed by atoms with Crippen LogP contribution in [0.3, 0.4) is 0 Å². The van der Waals surface area contributed by atoms with Crippen LogP contribution in [-0.2, 0) is 0 Å². The van der Waals surface area contributed by atoms with Crippen molar-refractivity contribution in [3.8, 4) is 0 Å². The molecule has 0 amide bonds. The molecule has 5 heteroatoms. The van der Waals surface area contributed by atoms with Crippen molar-refractivity contribution in [2.45, 2.75) is 44.5 Å². The van der Waals surface area contributed by atoms with Crippen molar-refractivity contribution in [1.82, 2.24) is 4.72 Å². The zero-order chi connectivity index (χ0) is 12.5. The summed E-state index contributed by atoms with van der Waals surface area (Å²) in [5, 5.41) is 0. The van der Waals surface area contributed by atoms with Gasteiger partial charge in [0.25, 0.3) is 0 Å². The fourth-order valence-electron chi connectivity index (χ4n) is 3.12. The average molecular weight is 265 g/mol. The maximum absolute atomic E-state index is 12.1. The number of alkyl halides is 3. The van der Waals surface area contributed by atoms with Gasteiger partial charge >= 0.3 is 5.51 Å². The van der Waals surface area contributed by atoms with Gasteiger partial charge in [0.05, 0.1) is 0 Å². The van der Waals surface area contributed by atoms with Crippen LogP contribution < -0.4 is 4.72 Å². The van der Waals surface area contributed by atoms with Crippen LogP contribution in [-0.4, -0.2) is 12.1 Å². The third-order valence-electron chi connectivity index (χ3n) is 3.63. The molecule has 17 heavy (non-hydrogen) atoms. The maximum Gasteiger partial charge on any atom is 0.456 e. The predicted molar refractivity (Wildman–Crippen MR) is 64.4 cm³/mol. The van der Waals surface area contributed by atoms with Gasteiger partial charge in [0.2, 0.25) is 0 Å². The summed E-state index contributed by atoms with van der Waals surface area (Å²) in [5.41, 5.74) is -2.83. The molecule has 2 unspecified atom stereocenters. The molecule has 1 fully saturated rings. The van der Waals surface area contributed by atoms with Gasteiger partial charge < -0.3 is 0 Å². The van der Waals surface area contributed by atoms with E-state index in [0.29, 0.717) is 12.5 Å². The predicted octanol–water partition coefficient (Wildman–Crippen LogP) is 4.27. The Hall–Kier alpha value is -0.160. The van der Waals surface area contributed by atoms with E-state index in [-0.39, 0.29) is 17.4 Å². The lowest BCUT2D eigenvalue weighted by Gasteiger charge is -2.39. The Morgan fingerprint density at radius 2 is 2.29 bits per heavy atom. The monoisotopic (exact) mass is 265 g/mol. The lowest BCUT2D eigenvalue weighted by molar-refractivity contribution is -0.0337. The van der Waals surface area contributed by atoms with Gasteiger partial charge in [-0.1, -0.05) is 18.6 Å². The van der Waals surface area contributed by atoms with E-state index in [2.05, 4.69) is 17.7 Å². The van der Waals surface area contributed by atoms with Crippen LogP contribution in [0.1, 0.15) is 39.0 Å². The van der Waals surface area contributed by atoms with E-state index in [1.54, 1.807) is 0 Å². The van der Waals surface area contributed by atoms with Crippen molar-refractivity contribution in [3.63, 3.8) is 0 Å². The molecule has 0 saturated heterocycles. The highest BCUT2D eigenvalue weighted by Crippen LogP contribution is 2.44. The number of halogens is 3. The summed E-state index contributed by atoms with van der Waals surface area (Å²) < 4.78 is 38.6. The SMILES string of the molecule is CC1(CNSC(F)(F)F)C=C2CCCC(C2)C1. The third-order valence-corrected chi connectivity index (χ3v) is 4.15. The van der Waals surface area contributed by atoms with Crippen LogP contribution >= 0.6 is 11.9 Å². The molecule has 0 aromatic rings. The van der Waals surface area contributed by atoms with E-state index < -0.39 is 5.51 Å². The maximum atomic E-state index is 12.1. The Bertz CT molecular complexity index is 313. The van der Waals surface area contributed by atoms with E-state index in [1.165, 1.54) is 24.8 Å². The van der Waals surface area contributed by atoms with E-state index in [1.807, 2.05) is 0 Å². The molecule has 0 radical (unpaired) electrons. The Kier molecular flexibility index (Phi) is 3.78. The lowest BCUT2D eigenvalue weighted by Crippen LogP contribution is -2.34. The second kappa shape index (κ2) is 4.84. The summed E-state index contributed by atoms with van der Waals surface area (Å²) in [6.45, 7) is 2.46. The molecule has 0 aromatic carbocycles. The molecule has 1 N–H and O–H groups in total. The molecule has 2 rings (SSSR count). The smallest absolute Gasteiger partial charge is 0.256 e. The molecule has 0 spiro atoms. The summed E-state index contributed by atoms with van der Waals surface area (Å²) in [5.74, 6) is 0.687. The van der Waals surface area contributed by atoms with Gasteiger partial charge in [0.1, 0.15) is 0 Å². The topological polar surface area (TPSA) is 12.0 Å². The van der Waals surface area contributed by atoms with E-state index in [0.717, 1.165) is 12.8 Å². The number of hydrogen-bond donors (Lipinski definition) is 1. The van der Waals surface area contributed by atoms with E-state index >= 15 is 0 Å². The minimum Gasteiger partial charge on any atom is -0.256 e. The summed E-state index contributed by atoms with van der Waals surface area (Å²) in [4.78, 5) is 0. The van der Waals surface area contributed by atoms with Crippen molar-refractivity contribution in [2.24, 2.45) is 11.3 Å². The first-order chi connectivity index (χ1) is 7.86. The van der Waals surface area contributed by atoms with Gasteiger partial charge in [-0.25, -0.2) is 0 Å². The van der Waals surface area contributed by atoms with Gasteiger partial charge in [-0.15, -0.1) is 0 Å². The zero-order valence-electron chi connectivity index (χ0n) is 9.94. The average Bonchev–Trinajstić information content (AvgIpc) is 2.13. The standard InChI is InChI=1S/C12H18F3NS/c1-11(8-16-17-12(13,14)15)6-9-3-2-4-10(5-9)7-11/h6,10,16H,2-5,7-8H2,1H3.